The zero-order valence-electron chi connectivity index (χ0n) is 10.9. The van der Waals surface area contributed by atoms with Gasteiger partial charge in [-0.05, 0) is 25.2 Å². The van der Waals surface area contributed by atoms with Crippen LogP contribution in [-0.2, 0) is 14.3 Å². The predicted octanol–water partition coefficient (Wildman–Crippen LogP) is 2.38. The van der Waals surface area contributed by atoms with Crippen molar-refractivity contribution in [3.8, 4) is 0 Å². The van der Waals surface area contributed by atoms with Gasteiger partial charge in [0, 0.05) is 7.11 Å². The minimum absolute atomic E-state index is 0.144. The second kappa shape index (κ2) is 7.63. The molecule has 1 N–H and O–H groups in total. The highest BCUT2D eigenvalue weighted by Gasteiger charge is 2.29. The van der Waals surface area contributed by atoms with E-state index in [4.69, 9.17) is 14.6 Å². The maximum Gasteiger partial charge on any atom is 0.308 e. The third-order valence-electron chi connectivity index (χ3n) is 2.66. The molecule has 0 radical (unpaired) electrons. The van der Waals surface area contributed by atoms with Gasteiger partial charge in [0.25, 0.3) is 0 Å². The molecule has 0 aliphatic carbocycles. The molecule has 4 heteroatoms. The summed E-state index contributed by atoms with van der Waals surface area (Å²) in [6.07, 6.45) is 0.659. The lowest BCUT2D eigenvalue weighted by Crippen LogP contribution is -2.35. The molecule has 0 fully saturated rings. The topological polar surface area (TPSA) is 55.8 Å². The van der Waals surface area contributed by atoms with Crippen LogP contribution in [0.5, 0.6) is 0 Å². The zero-order chi connectivity index (χ0) is 12.7. The fourth-order valence-corrected chi connectivity index (χ4v) is 1.97. The van der Waals surface area contributed by atoms with Gasteiger partial charge in [-0.15, -0.1) is 0 Å². The number of ether oxygens (including phenoxy) is 2. The first-order valence-corrected chi connectivity index (χ1v) is 5.73. The Morgan fingerprint density at radius 3 is 2.19 bits per heavy atom. The largest absolute Gasteiger partial charge is 0.481 e. The summed E-state index contributed by atoms with van der Waals surface area (Å²) in [5.41, 5.74) is 0. The Morgan fingerprint density at radius 1 is 1.25 bits per heavy atom. The molecule has 0 heterocycles. The molecule has 0 aromatic heterocycles. The Kier molecular flexibility index (Phi) is 7.34. The lowest BCUT2D eigenvalue weighted by molar-refractivity contribution is -0.156. The number of hydrogen-bond acceptors (Lipinski definition) is 3. The summed E-state index contributed by atoms with van der Waals surface area (Å²) in [5.74, 6) is -0.591. The van der Waals surface area contributed by atoms with Crippen LogP contribution in [0, 0.1) is 17.8 Å². The van der Waals surface area contributed by atoms with Gasteiger partial charge in [0.1, 0.15) is 6.79 Å². The van der Waals surface area contributed by atoms with Crippen molar-refractivity contribution in [2.75, 3.05) is 13.9 Å². The van der Waals surface area contributed by atoms with Crippen molar-refractivity contribution < 1.29 is 19.4 Å². The zero-order valence-corrected chi connectivity index (χ0v) is 10.9. The summed E-state index contributed by atoms with van der Waals surface area (Å²) in [7, 11) is 1.54. The minimum atomic E-state index is -0.822. The van der Waals surface area contributed by atoms with Gasteiger partial charge >= 0.3 is 5.97 Å². The smallest absolute Gasteiger partial charge is 0.308 e. The quantitative estimate of drug-likeness (QED) is 0.653. The number of methoxy groups -OCH3 is 1. The van der Waals surface area contributed by atoms with Crippen LogP contribution in [0.4, 0.5) is 0 Å². The minimum Gasteiger partial charge on any atom is -0.481 e. The van der Waals surface area contributed by atoms with Crippen LogP contribution in [-0.4, -0.2) is 31.1 Å². The van der Waals surface area contributed by atoms with Crippen LogP contribution in [0.3, 0.4) is 0 Å². The molecule has 0 aliphatic rings. The van der Waals surface area contributed by atoms with Crippen LogP contribution in [0.2, 0.25) is 0 Å². The van der Waals surface area contributed by atoms with E-state index in [9.17, 15) is 4.79 Å². The average Bonchev–Trinajstić information content (AvgIpc) is 2.16. The first kappa shape index (κ1) is 15.4. The molecular weight excluding hydrogens is 208 g/mol. The van der Waals surface area contributed by atoms with Crippen molar-refractivity contribution >= 4 is 5.97 Å². The van der Waals surface area contributed by atoms with E-state index in [2.05, 4.69) is 13.8 Å². The maximum absolute atomic E-state index is 11.0. The Hall–Kier alpha value is -0.610. The number of hydrogen-bond donors (Lipinski definition) is 1. The van der Waals surface area contributed by atoms with Crippen molar-refractivity contribution in [2.45, 2.75) is 40.2 Å². The highest BCUT2D eigenvalue weighted by atomic mass is 16.7. The van der Waals surface area contributed by atoms with Crippen LogP contribution in [0.15, 0.2) is 0 Å². The van der Waals surface area contributed by atoms with Gasteiger partial charge in [0.15, 0.2) is 0 Å². The summed E-state index contributed by atoms with van der Waals surface area (Å²) in [6, 6.07) is 0. The lowest BCUT2D eigenvalue weighted by atomic mass is 9.87. The highest BCUT2D eigenvalue weighted by Crippen LogP contribution is 2.23. The summed E-state index contributed by atoms with van der Waals surface area (Å²) in [6.45, 7) is 8.09. The molecule has 0 unspecified atom stereocenters. The number of aliphatic carboxylic acids is 1. The fourth-order valence-electron chi connectivity index (χ4n) is 1.97. The first-order chi connectivity index (χ1) is 7.40. The third kappa shape index (κ3) is 5.47. The van der Waals surface area contributed by atoms with E-state index in [0.29, 0.717) is 5.92 Å². The third-order valence-corrected chi connectivity index (χ3v) is 2.66. The molecule has 0 aromatic carbocycles. The van der Waals surface area contributed by atoms with E-state index in [1.54, 1.807) is 6.92 Å². The standard InChI is InChI=1S/C12H24O4/c1-8(2)6-9(3)11(16-7-15-5)10(4)12(13)14/h8-11H,6-7H2,1-5H3,(H,13,14)/t9-,10+,11-/m1/s1. The second-order valence-electron chi connectivity index (χ2n) is 4.77. The molecule has 0 amide bonds. The van der Waals surface area contributed by atoms with Crippen molar-refractivity contribution in [3.05, 3.63) is 0 Å². The summed E-state index contributed by atoms with van der Waals surface area (Å²) >= 11 is 0. The Balaban J connectivity index is 4.45. The van der Waals surface area contributed by atoms with E-state index in [1.165, 1.54) is 7.11 Å². The molecule has 16 heavy (non-hydrogen) atoms. The monoisotopic (exact) mass is 232 g/mol. The van der Waals surface area contributed by atoms with E-state index in [0.717, 1.165) is 6.42 Å². The molecule has 0 bridgehead atoms. The van der Waals surface area contributed by atoms with Gasteiger partial charge in [-0.3, -0.25) is 4.79 Å². The first-order valence-electron chi connectivity index (χ1n) is 5.73. The number of rotatable bonds is 8. The van der Waals surface area contributed by atoms with Crippen molar-refractivity contribution in [1.29, 1.82) is 0 Å². The molecular formula is C12H24O4. The van der Waals surface area contributed by atoms with E-state index >= 15 is 0 Å². The Morgan fingerprint density at radius 2 is 1.81 bits per heavy atom. The number of carbonyl (C=O) groups is 1. The molecule has 0 spiro atoms. The summed E-state index contributed by atoms with van der Waals surface area (Å²) < 4.78 is 10.3. The number of carboxylic acid groups (broad SMARTS) is 1. The molecule has 96 valence electrons. The van der Waals surface area contributed by atoms with Crippen LogP contribution in [0.1, 0.15) is 34.1 Å². The number of carboxylic acids is 1. The SMILES string of the molecule is COCO[C@H]([C@H](C)CC(C)C)[C@H](C)C(=O)O. The fraction of sp³-hybridized carbons (Fsp3) is 0.917. The van der Waals surface area contributed by atoms with Crippen molar-refractivity contribution in [2.24, 2.45) is 17.8 Å². The van der Waals surface area contributed by atoms with Crippen LogP contribution >= 0.6 is 0 Å². The summed E-state index contributed by atoms with van der Waals surface area (Å²) in [4.78, 5) is 11.0. The van der Waals surface area contributed by atoms with E-state index < -0.39 is 11.9 Å². The maximum atomic E-state index is 11.0. The average molecular weight is 232 g/mol. The molecule has 0 aromatic rings. The van der Waals surface area contributed by atoms with Gasteiger partial charge in [-0.25, -0.2) is 0 Å². The van der Waals surface area contributed by atoms with Gasteiger partial charge < -0.3 is 14.6 Å². The molecule has 0 rings (SSSR count). The van der Waals surface area contributed by atoms with Gasteiger partial charge in [-0.1, -0.05) is 20.8 Å². The Labute approximate surface area is 97.9 Å². The lowest BCUT2D eigenvalue weighted by Gasteiger charge is -2.28. The van der Waals surface area contributed by atoms with Crippen molar-refractivity contribution in [3.63, 3.8) is 0 Å². The van der Waals surface area contributed by atoms with Crippen LogP contribution in [0.25, 0.3) is 0 Å². The van der Waals surface area contributed by atoms with Gasteiger partial charge in [-0.2, -0.15) is 0 Å². The summed E-state index contributed by atoms with van der Waals surface area (Å²) in [5, 5.41) is 9.01. The van der Waals surface area contributed by atoms with E-state index in [-0.39, 0.29) is 18.8 Å². The molecule has 4 nitrogen and oxygen atoms in total. The normalized spacial score (nSPS) is 17.1. The van der Waals surface area contributed by atoms with Gasteiger partial charge in [0.05, 0.1) is 12.0 Å². The van der Waals surface area contributed by atoms with Crippen molar-refractivity contribution in [1.82, 2.24) is 0 Å². The predicted molar refractivity (Wildman–Crippen MR) is 62.2 cm³/mol. The molecule has 0 saturated carbocycles. The molecule has 0 aliphatic heterocycles. The Bertz CT molecular complexity index is 203. The molecule has 3 atom stereocenters. The van der Waals surface area contributed by atoms with Crippen LogP contribution < -0.4 is 0 Å². The second-order valence-corrected chi connectivity index (χ2v) is 4.77. The molecule has 0 saturated heterocycles. The van der Waals surface area contributed by atoms with E-state index in [1.807, 2.05) is 6.92 Å². The highest BCUT2D eigenvalue weighted by molar-refractivity contribution is 5.70. The van der Waals surface area contributed by atoms with Gasteiger partial charge in [0.2, 0.25) is 0 Å².